The van der Waals surface area contributed by atoms with Crippen LogP contribution in [-0.4, -0.2) is 26.2 Å². The van der Waals surface area contributed by atoms with Crippen LogP contribution in [0.5, 0.6) is 5.75 Å². The van der Waals surface area contributed by atoms with Crippen LogP contribution in [0, 0.1) is 6.92 Å². The van der Waals surface area contributed by atoms with Crippen LogP contribution < -0.4 is 10.1 Å². The maximum atomic E-state index is 11.3. The van der Waals surface area contributed by atoms with Gasteiger partial charge in [0.15, 0.2) is 0 Å². The molecular weight excluding hydrogens is 278 g/mol. The summed E-state index contributed by atoms with van der Waals surface area (Å²) in [6.07, 6.45) is 0.896. The highest BCUT2D eigenvalue weighted by atomic mass is 16.5. The average Bonchev–Trinajstić information content (AvgIpc) is 2.54. The SMILES string of the molecule is COC(=O)c1ccc(NCCCOc2cccc(C)c2)cc1. The molecule has 0 spiro atoms. The van der Waals surface area contributed by atoms with Crippen molar-refractivity contribution in [1.82, 2.24) is 0 Å². The molecule has 4 heteroatoms. The molecule has 0 aliphatic heterocycles. The quantitative estimate of drug-likeness (QED) is 0.626. The molecular formula is C18H21NO3. The van der Waals surface area contributed by atoms with Crippen molar-refractivity contribution in [2.45, 2.75) is 13.3 Å². The van der Waals surface area contributed by atoms with Gasteiger partial charge >= 0.3 is 5.97 Å². The Morgan fingerprint density at radius 1 is 1.14 bits per heavy atom. The summed E-state index contributed by atoms with van der Waals surface area (Å²) in [7, 11) is 1.38. The van der Waals surface area contributed by atoms with Gasteiger partial charge in [0.2, 0.25) is 0 Å². The standard InChI is InChI=1S/C18H21NO3/c1-14-5-3-6-17(13-14)22-12-4-11-19-16-9-7-15(8-10-16)18(20)21-2/h3,5-10,13,19H,4,11-12H2,1-2H3. The second kappa shape index (κ2) is 8.08. The molecule has 4 nitrogen and oxygen atoms in total. The predicted octanol–water partition coefficient (Wildman–Crippen LogP) is 3.66. The lowest BCUT2D eigenvalue weighted by molar-refractivity contribution is 0.0601. The Hall–Kier alpha value is -2.49. The van der Waals surface area contributed by atoms with E-state index in [1.54, 1.807) is 12.1 Å². The van der Waals surface area contributed by atoms with Gasteiger partial charge in [0.1, 0.15) is 5.75 Å². The number of methoxy groups -OCH3 is 1. The molecule has 0 bridgehead atoms. The van der Waals surface area contributed by atoms with Gasteiger partial charge in [-0.05, 0) is 55.3 Å². The summed E-state index contributed by atoms with van der Waals surface area (Å²) in [5, 5.41) is 3.29. The highest BCUT2D eigenvalue weighted by molar-refractivity contribution is 5.89. The first-order chi connectivity index (χ1) is 10.7. The highest BCUT2D eigenvalue weighted by Crippen LogP contribution is 2.13. The van der Waals surface area contributed by atoms with Gasteiger partial charge in [-0.3, -0.25) is 0 Å². The zero-order valence-corrected chi connectivity index (χ0v) is 13.0. The summed E-state index contributed by atoms with van der Waals surface area (Å²) in [6, 6.07) is 15.3. The minimum Gasteiger partial charge on any atom is -0.494 e. The van der Waals surface area contributed by atoms with Crippen molar-refractivity contribution in [3.05, 3.63) is 59.7 Å². The Bertz CT molecular complexity index is 608. The van der Waals surface area contributed by atoms with Gasteiger partial charge in [-0.1, -0.05) is 12.1 Å². The second-order valence-corrected chi connectivity index (χ2v) is 5.01. The number of carbonyl (C=O) groups excluding carboxylic acids is 1. The predicted molar refractivity (Wildman–Crippen MR) is 87.6 cm³/mol. The summed E-state index contributed by atoms with van der Waals surface area (Å²) in [5.74, 6) is 0.584. The Morgan fingerprint density at radius 3 is 2.59 bits per heavy atom. The van der Waals surface area contributed by atoms with Crippen LogP contribution in [0.25, 0.3) is 0 Å². The van der Waals surface area contributed by atoms with E-state index in [1.165, 1.54) is 12.7 Å². The van der Waals surface area contributed by atoms with E-state index in [4.69, 9.17) is 4.74 Å². The third-order valence-corrected chi connectivity index (χ3v) is 3.21. The molecule has 0 saturated heterocycles. The number of hydrogen-bond donors (Lipinski definition) is 1. The normalized spacial score (nSPS) is 10.1. The van der Waals surface area contributed by atoms with E-state index in [1.807, 2.05) is 43.3 Å². The molecule has 0 radical (unpaired) electrons. The lowest BCUT2D eigenvalue weighted by Crippen LogP contribution is -2.07. The van der Waals surface area contributed by atoms with Gasteiger partial charge in [0, 0.05) is 12.2 Å². The molecule has 2 aromatic carbocycles. The van der Waals surface area contributed by atoms with Crippen molar-refractivity contribution < 1.29 is 14.3 Å². The molecule has 0 heterocycles. The first-order valence-corrected chi connectivity index (χ1v) is 7.31. The zero-order valence-electron chi connectivity index (χ0n) is 13.0. The summed E-state index contributed by atoms with van der Waals surface area (Å²) in [6.45, 7) is 3.52. The number of anilines is 1. The summed E-state index contributed by atoms with van der Waals surface area (Å²) >= 11 is 0. The molecule has 0 saturated carbocycles. The van der Waals surface area contributed by atoms with E-state index in [0.29, 0.717) is 12.2 Å². The van der Waals surface area contributed by atoms with Gasteiger partial charge in [0.25, 0.3) is 0 Å². The Labute approximate surface area is 131 Å². The van der Waals surface area contributed by atoms with Crippen LogP contribution in [0.3, 0.4) is 0 Å². The number of hydrogen-bond acceptors (Lipinski definition) is 4. The molecule has 2 rings (SSSR count). The smallest absolute Gasteiger partial charge is 0.337 e. The number of carbonyl (C=O) groups is 1. The van der Waals surface area contributed by atoms with E-state index in [9.17, 15) is 4.79 Å². The number of esters is 1. The topological polar surface area (TPSA) is 47.6 Å². The molecule has 0 aliphatic rings. The third-order valence-electron chi connectivity index (χ3n) is 3.21. The molecule has 0 atom stereocenters. The average molecular weight is 299 g/mol. The van der Waals surface area contributed by atoms with Crippen molar-refractivity contribution in [3.8, 4) is 5.75 Å². The molecule has 2 aromatic rings. The first-order valence-electron chi connectivity index (χ1n) is 7.31. The van der Waals surface area contributed by atoms with Crippen LogP contribution in [0.4, 0.5) is 5.69 Å². The zero-order chi connectivity index (χ0) is 15.8. The number of aryl methyl sites for hydroxylation is 1. The van der Waals surface area contributed by atoms with Crippen molar-refractivity contribution in [2.24, 2.45) is 0 Å². The number of nitrogens with one attached hydrogen (secondary N) is 1. The van der Waals surface area contributed by atoms with Crippen LogP contribution in [0.2, 0.25) is 0 Å². The second-order valence-electron chi connectivity index (χ2n) is 5.01. The van der Waals surface area contributed by atoms with E-state index < -0.39 is 0 Å². The lowest BCUT2D eigenvalue weighted by atomic mass is 10.2. The summed E-state index contributed by atoms with van der Waals surface area (Å²) < 4.78 is 10.4. The van der Waals surface area contributed by atoms with Crippen LogP contribution in [0.1, 0.15) is 22.3 Å². The van der Waals surface area contributed by atoms with Crippen molar-refractivity contribution in [1.29, 1.82) is 0 Å². The van der Waals surface area contributed by atoms with E-state index in [2.05, 4.69) is 10.1 Å². The van der Waals surface area contributed by atoms with Crippen LogP contribution in [0.15, 0.2) is 48.5 Å². The monoisotopic (exact) mass is 299 g/mol. The molecule has 0 amide bonds. The molecule has 116 valence electrons. The minimum atomic E-state index is -0.321. The number of ether oxygens (including phenoxy) is 2. The van der Waals surface area contributed by atoms with E-state index >= 15 is 0 Å². The van der Waals surface area contributed by atoms with Gasteiger partial charge in [-0.25, -0.2) is 4.79 Å². The fourth-order valence-electron chi connectivity index (χ4n) is 2.04. The molecule has 0 unspecified atom stereocenters. The highest BCUT2D eigenvalue weighted by Gasteiger charge is 2.03. The Morgan fingerprint density at radius 2 is 1.91 bits per heavy atom. The number of benzene rings is 2. The van der Waals surface area contributed by atoms with Gasteiger partial charge in [0.05, 0.1) is 19.3 Å². The Balaban J connectivity index is 1.69. The van der Waals surface area contributed by atoms with Crippen molar-refractivity contribution in [2.75, 3.05) is 25.6 Å². The van der Waals surface area contributed by atoms with Gasteiger partial charge in [-0.2, -0.15) is 0 Å². The van der Waals surface area contributed by atoms with Crippen LogP contribution >= 0.6 is 0 Å². The molecule has 0 aliphatic carbocycles. The van der Waals surface area contributed by atoms with Gasteiger partial charge < -0.3 is 14.8 Å². The third kappa shape index (κ3) is 4.81. The number of rotatable bonds is 7. The van der Waals surface area contributed by atoms with Crippen molar-refractivity contribution >= 4 is 11.7 Å². The van der Waals surface area contributed by atoms with E-state index in [0.717, 1.165) is 24.4 Å². The fourth-order valence-corrected chi connectivity index (χ4v) is 2.04. The lowest BCUT2D eigenvalue weighted by Gasteiger charge is -2.09. The molecule has 1 N–H and O–H groups in total. The maximum absolute atomic E-state index is 11.3. The Kier molecular flexibility index (Phi) is 5.83. The summed E-state index contributed by atoms with van der Waals surface area (Å²) in [5.41, 5.74) is 2.72. The van der Waals surface area contributed by atoms with Gasteiger partial charge in [-0.15, -0.1) is 0 Å². The van der Waals surface area contributed by atoms with E-state index in [-0.39, 0.29) is 5.97 Å². The van der Waals surface area contributed by atoms with Crippen molar-refractivity contribution in [3.63, 3.8) is 0 Å². The van der Waals surface area contributed by atoms with Crippen LogP contribution in [-0.2, 0) is 4.74 Å². The molecule has 0 fully saturated rings. The first kappa shape index (κ1) is 15.9. The minimum absolute atomic E-state index is 0.321. The maximum Gasteiger partial charge on any atom is 0.337 e. The fraction of sp³-hybridized carbons (Fsp3) is 0.278. The largest absolute Gasteiger partial charge is 0.494 e. The molecule has 22 heavy (non-hydrogen) atoms. The molecule has 0 aromatic heterocycles. The summed E-state index contributed by atoms with van der Waals surface area (Å²) in [4.78, 5) is 11.3.